The Balaban J connectivity index is 2.06. The highest BCUT2D eigenvalue weighted by Gasteiger charge is 2.22. The van der Waals surface area contributed by atoms with Crippen LogP contribution in [0.2, 0.25) is 0 Å². The van der Waals surface area contributed by atoms with Crippen LogP contribution >= 0.6 is 11.8 Å². The molecule has 1 aliphatic rings. The van der Waals surface area contributed by atoms with E-state index in [4.69, 9.17) is 4.74 Å². The normalized spacial score (nSPS) is 20.2. The van der Waals surface area contributed by atoms with Gasteiger partial charge in [0.1, 0.15) is 0 Å². The van der Waals surface area contributed by atoms with Crippen molar-refractivity contribution >= 4 is 17.8 Å². The summed E-state index contributed by atoms with van der Waals surface area (Å²) in [6.07, 6.45) is 1.04. The number of thioether (sulfide) groups is 1. The predicted octanol–water partition coefficient (Wildman–Crippen LogP) is 2.20. The number of amides is 2. The largest absolute Gasteiger partial charge is 0.377 e. The van der Waals surface area contributed by atoms with E-state index in [2.05, 4.69) is 19.2 Å². The SMILES string of the molecule is CC(C)CSCCCNC(=O)N1CCOC[C@@H]1C. The van der Waals surface area contributed by atoms with Gasteiger partial charge in [-0.1, -0.05) is 13.8 Å². The highest BCUT2D eigenvalue weighted by atomic mass is 32.2. The van der Waals surface area contributed by atoms with E-state index in [1.807, 2.05) is 23.6 Å². The third kappa shape index (κ3) is 5.96. The van der Waals surface area contributed by atoms with E-state index < -0.39 is 0 Å². The number of nitrogens with zero attached hydrogens (tertiary/aromatic N) is 1. The molecule has 0 aromatic heterocycles. The van der Waals surface area contributed by atoms with E-state index in [1.165, 1.54) is 5.75 Å². The summed E-state index contributed by atoms with van der Waals surface area (Å²) in [7, 11) is 0. The summed E-state index contributed by atoms with van der Waals surface area (Å²) in [5, 5.41) is 2.99. The molecule has 1 atom stereocenters. The Labute approximate surface area is 115 Å². The maximum absolute atomic E-state index is 11.9. The molecular formula is C13H26N2O2S. The van der Waals surface area contributed by atoms with Gasteiger partial charge in [0.2, 0.25) is 0 Å². The molecule has 0 spiro atoms. The van der Waals surface area contributed by atoms with E-state index in [0.717, 1.165) is 24.6 Å². The quantitative estimate of drug-likeness (QED) is 0.755. The summed E-state index contributed by atoms with van der Waals surface area (Å²) in [6.45, 7) is 9.27. The summed E-state index contributed by atoms with van der Waals surface area (Å²) < 4.78 is 5.32. The standard InChI is InChI=1S/C13H26N2O2S/c1-11(2)10-18-8-4-5-14-13(16)15-6-7-17-9-12(15)3/h11-12H,4-10H2,1-3H3,(H,14,16)/t12-/m0/s1. The van der Waals surface area contributed by atoms with Crippen molar-refractivity contribution in [1.29, 1.82) is 0 Å². The van der Waals surface area contributed by atoms with Crippen LogP contribution in [0.15, 0.2) is 0 Å². The van der Waals surface area contributed by atoms with E-state index in [1.54, 1.807) is 0 Å². The maximum atomic E-state index is 11.9. The molecule has 18 heavy (non-hydrogen) atoms. The van der Waals surface area contributed by atoms with Gasteiger partial charge in [0.05, 0.1) is 19.3 Å². The summed E-state index contributed by atoms with van der Waals surface area (Å²) in [5.41, 5.74) is 0. The van der Waals surface area contributed by atoms with Gasteiger partial charge in [0, 0.05) is 13.1 Å². The van der Waals surface area contributed by atoms with Crippen molar-refractivity contribution in [3.63, 3.8) is 0 Å². The Bertz CT molecular complexity index is 249. The molecule has 1 saturated heterocycles. The first kappa shape index (κ1) is 15.6. The molecule has 0 aliphatic carbocycles. The zero-order valence-corrected chi connectivity index (χ0v) is 12.6. The van der Waals surface area contributed by atoms with Crippen molar-refractivity contribution in [3.05, 3.63) is 0 Å². The molecule has 0 radical (unpaired) electrons. The van der Waals surface area contributed by atoms with Gasteiger partial charge >= 0.3 is 6.03 Å². The molecular weight excluding hydrogens is 248 g/mol. The van der Waals surface area contributed by atoms with Gasteiger partial charge in [-0.25, -0.2) is 4.79 Å². The number of carbonyl (C=O) groups excluding carboxylic acids is 1. The first-order chi connectivity index (χ1) is 8.61. The van der Waals surface area contributed by atoms with Crippen molar-refractivity contribution in [1.82, 2.24) is 10.2 Å². The third-order valence-corrected chi connectivity index (χ3v) is 4.30. The molecule has 4 nitrogen and oxygen atoms in total. The van der Waals surface area contributed by atoms with Gasteiger partial charge in [-0.3, -0.25) is 0 Å². The second kappa shape index (κ2) is 8.64. The van der Waals surface area contributed by atoms with Crippen LogP contribution in [0.3, 0.4) is 0 Å². The average Bonchev–Trinajstić information content (AvgIpc) is 2.33. The van der Waals surface area contributed by atoms with Crippen LogP contribution in [0.25, 0.3) is 0 Å². The summed E-state index contributed by atoms with van der Waals surface area (Å²) in [6, 6.07) is 0.244. The van der Waals surface area contributed by atoms with Gasteiger partial charge in [-0.2, -0.15) is 11.8 Å². The lowest BCUT2D eigenvalue weighted by Gasteiger charge is -2.33. The monoisotopic (exact) mass is 274 g/mol. The topological polar surface area (TPSA) is 41.6 Å². The first-order valence-corrected chi connectivity index (χ1v) is 7.96. The molecule has 106 valence electrons. The van der Waals surface area contributed by atoms with Gasteiger partial charge in [-0.05, 0) is 30.8 Å². The summed E-state index contributed by atoms with van der Waals surface area (Å²) in [5.74, 6) is 3.07. The zero-order chi connectivity index (χ0) is 13.4. The van der Waals surface area contributed by atoms with E-state index in [0.29, 0.717) is 19.8 Å². The number of ether oxygens (including phenoxy) is 1. The van der Waals surface area contributed by atoms with Crippen molar-refractivity contribution in [2.75, 3.05) is 37.8 Å². The van der Waals surface area contributed by atoms with Crippen molar-refractivity contribution < 1.29 is 9.53 Å². The van der Waals surface area contributed by atoms with Crippen LogP contribution in [0.5, 0.6) is 0 Å². The number of morpholine rings is 1. The Morgan fingerprint density at radius 1 is 1.56 bits per heavy atom. The number of hydrogen-bond donors (Lipinski definition) is 1. The minimum absolute atomic E-state index is 0.0552. The number of rotatable bonds is 6. The van der Waals surface area contributed by atoms with E-state index >= 15 is 0 Å². The Morgan fingerprint density at radius 2 is 2.33 bits per heavy atom. The second-order valence-electron chi connectivity index (χ2n) is 5.17. The Morgan fingerprint density at radius 3 is 3.00 bits per heavy atom. The smallest absolute Gasteiger partial charge is 0.317 e. The molecule has 1 aliphatic heterocycles. The predicted molar refractivity (Wildman–Crippen MR) is 77.2 cm³/mol. The summed E-state index contributed by atoms with van der Waals surface area (Å²) in [4.78, 5) is 13.8. The Hall–Kier alpha value is -0.420. The number of nitrogens with one attached hydrogen (secondary N) is 1. The van der Waals surface area contributed by atoms with Crippen LogP contribution in [-0.4, -0.2) is 54.8 Å². The fraction of sp³-hybridized carbons (Fsp3) is 0.923. The van der Waals surface area contributed by atoms with Gasteiger partial charge in [0.25, 0.3) is 0 Å². The summed E-state index contributed by atoms with van der Waals surface area (Å²) >= 11 is 1.96. The maximum Gasteiger partial charge on any atom is 0.317 e. The fourth-order valence-corrected chi connectivity index (χ4v) is 2.81. The average molecular weight is 274 g/mol. The second-order valence-corrected chi connectivity index (χ2v) is 6.32. The lowest BCUT2D eigenvalue weighted by atomic mass is 10.3. The van der Waals surface area contributed by atoms with Crippen molar-refractivity contribution in [2.24, 2.45) is 5.92 Å². The van der Waals surface area contributed by atoms with Crippen LogP contribution in [-0.2, 0) is 4.74 Å². The van der Waals surface area contributed by atoms with Gasteiger partial charge in [-0.15, -0.1) is 0 Å². The van der Waals surface area contributed by atoms with Gasteiger partial charge in [0.15, 0.2) is 0 Å². The van der Waals surface area contributed by atoms with Crippen LogP contribution in [0, 0.1) is 5.92 Å². The molecule has 1 fully saturated rings. The molecule has 0 aromatic rings. The lowest BCUT2D eigenvalue weighted by Crippen LogP contribution is -2.51. The molecule has 0 aromatic carbocycles. The third-order valence-electron chi connectivity index (χ3n) is 2.82. The minimum atomic E-state index is 0.0552. The zero-order valence-electron chi connectivity index (χ0n) is 11.8. The molecule has 0 saturated carbocycles. The number of hydrogen-bond acceptors (Lipinski definition) is 3. The van der Waals surface area contributed by atoms with Crippen molar-refractivity contribution in [2.45, 2.75) is 33.2 Å². The molecule has 0 bridgehead atoms. The molecule has 1 rings (SSSR count). The first-order valence-electron chi connectivity index (χ1n) is 6.81. The molecule has 5 heteroatoms. The molecule has 1 N–H and O–H groups in total. The highest BCUT2D eigenvalue weighted by molar-refractivity contribution is 7.99. The lowest BCUT2D eigenvalue weighted by molar-refractivity contribution is 0.0191. The minimum Gasteiger partial charge on any atom is -0.377 e. The fourth-order valence-electron chi connectivity index (χ4n) is 1.82. The van der Waals surface area contributed by atoms with E-state index in [9.17, 15) is 4.79 Å². The molecule has 2 amide bonds. The number of urea groups is 1. The van der Waals surface area contributed by atoms with Crippen LogP contribution in [0.1, 0.15) is 27.2 Å². The van der Waals surface area contributed by atoms with Crippen LogP contribution in [0.4, 0.5) is 4.79 Å². The van der Waals surface area contributed by atoms with Crippen molar-refractivity contribution in [3.8, 4) is 0 Å². The Kier molecular flexibility index (Phi) is 7.51. The van der Waals surface area contributed by atoms with Gasteiger partial charge < -0.3 is 15.0 Å². The van der Waals surface area contributed by atoms with E-state index in [-0.39, 0.29) is 12.1 Å². The molecule has 0 unspecified atom stereocenters. The highest BCUT2D eigenvalue weighted by Crippen LogP contribution is 2.09. The number of carbonyl (C=O) groups is 1. The molecule has 1 heterocycles. The van der Waals surface area contributed by atoms with Crippen LogP contribution < -0.4 is 5.32 Å².